The maximum Gasteiger partial charge on any atom is 0.235 e. The summed E-state index contributed by atoms with van der Waals surface area (Å²) in [4.78, 5) is 0.697. The van der Waals surface area contributed by atoms with Crippen molar-refractivity contribution in [3.8, 4) is 21.7 Å². The van der Waals surface area contributed by atoms with Crippen LogP contribution in [-0.4, -0.2) is 19.8 Å². The SMILES string of the molecule is CC(c1ccc(-c2ccccc2)c(F)c1)c1nnc2sc(-c3ccc(Cl)cc3)nn12. The number of benzene rings is 3. The van der Waals surface area contributed by atoms with Crippen LogP contribution in [0.1, 0.15) is 24.2 Å². The molecule has 148 valence electrons. The molecule has 0 aliphatic rings. The summed E-state index contributed by atoms with van der Waals surface area (Å²) in [6.07, 6.45) is 0. The maximum atomic E-state index is 14.8. The van der Waals surface area contributed by atoms with Crippen molar-refractivity contribution in [3.05, 3.63) is 95.0 Å². The van der Waals surface area contributed by atoms with E-state index in [9.17, 15) is 4.39 Å². The highest BCUT2D eigenvalue weighted by atomic mass is 35.5. The number of rotatable bonds is 4. The molecule has 5 aromatic rings. The lowest BCUT2D eigenvalue weighted by Crippen LogP contribution is -2.04. The number of hydrogen-bond acceptors (Lipinski definition) is 4. The fourth-order valence-electron chi connectivity index (χ4n) is 3.41. The Hall–Kier alpha value is -3.09. The Morgan fingerprint density at radius 2 is 1.70 bits per heavy atom. The van der Waals surface area contributed by atoms with Crippen molar-refractivity contribution in [3.63, 3.8) is 0 Å². The molecule has 1 unspecified atom stereocenters. The predicted octanol–water partition coefficient (Wildman–Crippen LogP) is 6.46. The highest BCUT2D eigenvalue weighted by Gasteiger charge is 2.20. The largest absolute Gasteiger partial charge is 0.235 e. The molecular formula is C23H16ClFN4S. The van der Waals surface area contributed by atoms with Crippen molar-refractivity contribution in [2.24, 2.45) is 0 Å². The second-order valence-electron chi connectivity index (χ2n) is 6.99. The Balaban J connectivity index is 1.49. The van der Waals surface area contributed by atoms with Crippen LogP contribution >= 0.6 is 22.9 Å². The van der Waals surface area contributed by atoms with Crippen molar-refractivity contribution in [2.45, 2.75) is 12.8 Å². The highest BCUT2D eigenvalue weighted by molar-refractivity contribution is 7.19. The molecule has 0 aliphatic heterocycles. The van der Waals surface area contributed by atoms with E-state index in [4.69, 9.17) is 11.6 Å². The third-order valence-corrected chi connectivity index (χ3v) is 6.27. The van der Waals surface area contributed by atoms with E-state index in [1.54, 1.807) is 10.6 Å². The minimum atomic E-state index is -0.258. The molecule has 0 aliphatic carbocycles. The number of nitrogens with zero attached hydrogens (tertiary/aromatic N) is 4. The molecule has 0 saturated heterocycles. The Bertz CT molecular complexity index is 1330. The van der Waals surface area contributed by atoms with E-state index in [2.05, 4.69) is 15.3 Å². The molecule has 2 aromatic heterocycles. The molecule has 7 heteroatoms. The first-order chi connectivity index (χ1) is 14.6. The molecule has 0 radical (unpaired) electrons. The van der Waals surface area contributed by atoms with Gasteiger partial charge in [-0.15, -0.1) is 10.2 Å². The fraction of sp³-hybridized carbons (Fsp3) is 0.0870. The second-order valence-corrected chi connectivity index (χ2v) is 8.39. The van der Waals surface area contributed by atoms with Crippen molar-refractivity contribution >= 4 is 27.9 Å². The standard InChI is InChI=1S/C23H16ClFN4S/c1-14(17-9-12-19(20(25)13-17)15-5-3-2-4-6-15)21-26-27-23-29(21)28-22(30-23)16-7-10-18(24)11-8-16/h2-14H,1H3. The van der Waals surface area contributed by atoms with Crippen LogP contribution in [0.2, 0.25) is 5.02 Å². The predicted molar refractivity (Wildman–Crippen MR) is 118 cm³/mol. The Morgan fingerprint density at radius 1 is 0.933 bits per heavy atom. The molecule has 5 rings (SSSR count). The summed E-state index contributed by atoms with van der Waals surface area (Å²) < 4.78 is 16.6. The Kier molecular flexibility index (Phi) is 4.81. The molecule has 3 aromatic carbocycles. The lowest BCUT2D eigenvalue weighted by Gasteiger charge is -2.11. The number of hydrogen-bond donors (Lipinski definition) is 0. The van der Waals surface area contributed by atoms with Gasteiger partial charge in [-0.3, -0.25) is 0 Å². The first kappa shape index (κ1) is 18.9. The highest BCUT2D eigenvalue weighted by Crippen LogP contribution is 2.31. The van der Waals surface area contributed by atoms with Crippen molar-refractivity contribution in [1.82, 2.24) is 19.8 Å². The zero-order chi connectivity index (χ0) is 20.7. The van der Waals surface area contributed by atoms with Gasteiger partial charge >= 0.3 is 0 Å². The number of halogens is 2. The van der Waals surface area contributed by atoms with E-state index in [0.717, 1.165) is 21.7 Å². The van der Waals surface area contributed by atoms with Crippen LogP contribution in [0.25, 0.3) is 26.7 Å². The van der Waals surface area contributed by atoms with E-state index in [-0.39, 0.29) is 11.7 Å². The van der Waals surface area contributed by atoms with Gasteiger partial charge in [-0.1, -0.05) is 84.5 Å². The smallest absolute Gasteiger partial charge is 0.206 e. The van der Waals surface area contributed by atoms with Crippen LogP contribution in [0.15, 0.2) is 72.8 Å². The molecule has 1 atom stereocenters. The van der Waals surface area contributed by atoms with Crippen LogP contribution in [0.5, 0.6) is 0 Å². The molecule has 0 N–H and O–H groups in total. The normalized spacial score (nSPS) is 12.4. The first-order valence-corrected chi connectivity index (χ1v) is 10.6. The average Bonchev–Trinajstić information content (AvgIpc) is 3.35. The van der Waals surface area contributed by atoms with Crippen molar-refractivity contribution < 1.29 is 4.39 Å². The van der Waals surface area contributed by atoms with E-state index in [1.807, 2.05) is 73.7 Å². The zero-order valence-corrected chi connectivity index (χ0v) is 17.5. The summed E-state index contributed by atoms with van der Waals surface area (Å²) in [6.45, 7) is 1.98. The molecule has 0 amide bonds. The topological polar surface area (TPSA) is 43.1 Å². The molecular weight excluding hydrogens is 419 g/mol. The first-order valence-electron chi connectivity index (χ1n) is 9.43. The van der Waals surface area contributed by atoms with Gasteiger partial charge in [0.2, 0.25) is 4.96 Å². The molecule has 0 bridgehead atoms. The van der Waals surface area contributed by atoms with E-state index < -0.39 is 0 Å². The van der Waals surface area contributed by atoms with Crippen molar-refractivity contribution in [1.29, 1.82) is 0 Å². The summed E-state index contributed by atoms with van der Waals surface area (Å²) >= 11 is 7.43. The van der Waals surface area contributed by atoms with Crippen LogP contribution < -0.4 is 0 Å². The van der Waals surface area contributed by atoms with Gasteiger partial charge in [0.25, 0.3) is 0 Å². The molecule has 0 spiro atoms. The van der Waals surface area contributed by atoms with Crippen LogP contribution in [0.3, 0.4) is 0 Å². The van der Waals surface area contributed by atoms with Gasteiger partial charge in [-0.25, -0.2) is 4.39 Å². The Labute approximate surface area is 181 Å². The molecule has 0 saturated carbocycles. The molecule has 0 fully saturated rings. The Morgan fingerprint density at radius 3 is 2.43 bits per heavy atom. The van der Waals surface area contributed by atoms with Crippen LogP contribution in [-0.2, 0) is 0 Å². The van der Waals surface area contributed by atoms with E-state index in [1.165, 1.54) is 11.3 Å². The monoisotopic (exact) mass is 434 g/mol. The van der Waals surface area contributed by atoms with E-state index >= 15 is 0 Å². The third-order valence-electron chi connectivity index (χ3n) is 5.07. The number of fused-ring (bicyclic) bond motifs is 1. The summed E-state index contributed by atoms with van der Waals surface area (Å²) in [5.74, 6) is 0.249. The zero-order valence-electron chi connectivity index (χ0n) is 16.0. The lowest BCUT2D eigenvalue weighted by molar-refractivity contribution is 0.626. The fourth-order valence-corrected chi connectivity index (χ4v) is 4.39. The van der Waals surface area contributed by atoms with Gasteiger partial charge in [0.05, 0.1) is 0 Å². The van der Waals surface area contributed by atoms with E-state index in [0.29, 0.717) is 21.4 Å². The lowest BCUT2D eigenvalue weighted by atomic mass is 9.96. The minimum Gasteiger partial charge on any atom is -0.206 e. The number of aromatic nitrogens is 4. The summed E-state index contributed by atoms with van der Waals surface area (Å²) in [6, 6.07) is 22.4. The summed E-state index contributed by atoms with van der Waals surface area (Å²) in [5, 5.41) is 14.8. The van der Waals surface area contributed by atoms with Crippen LogP contribution in [0.4, 0.5) is 4.39 Å². The minimum absolute atomic E-state index is 0.167. The maximum absolute atomic E-state index is 14.8. The van der Waals surface area contributed by atoms with Gasteiger partial charge in [-0.05, 0) is 29.3 Å². The van der Waals surface area contributed by atoms with Gasteiger partial charge in [0.15, 0.2) is 5.82 Å². The molecule has 4 nitrogen and oxygen atoms in total. The summed E-state index contributed by atoms with van der Waals surface area (Å²) in [5.41, 5.74) is 3.22. The average molecular weight is 435 g/mol. The second kappa shape index (κ2) is 7.63. The molecule has 30 heavy (non-hydrogen) atoms. The van der Waals surface area contributed by atoms with Crippen LogP contribution in [0, 0.1) is 5.82 Å². The van der Waals surface area contributed by atoms with Gasteiger partial charge in [-0.2, -0.15) is 9.61 Å². The molecule has 2 heterocycles. The summed E-state index contributed by atoms with van der Waals surface area (Å²) in [7, 11) is 0. The third kappa shape index (κ3) is 3.38. The van der Waals surface area contributed by atoms with Gasteiger partial charge in [0, 0.05) is 22.1 Å². The van der Waals surface area contributed by atoms with Gasteiger partial charge in [0.1, 0.15) is 10.8 Å². The quantitative estimate of drug-likeness (QED) is 0.326. The van der Waals surface area contributed by atoms with Gasteiger partial charge < -0.3 is 0 Å². The van der Waals surface area contributed by atoms with Crippen molar-refractivity contribution in [2.75, 3.05) is 0 Å².